The van der Waals surface area contributed by atoms with E-state index in [1.54, 1.807) is 13.4 Å². The van der Waals surface area contributed by atoms with Crippen molar-refractivity contribution >= 4 is 63.2 Å². The molecule has 2 aliphatic heterocycles. The Hall–Kier alpha value is -2.28. The number of fused-ring (bicyclic) bond motifs is 1. The number of carbonyl (C=O) groups excluding carboxylic acids is 3. The van der Waals surface area contributed by atoms with Gasteiger partial charge in [0.05, 0.1) is 38.2 Å². The molecule has 2 radical (unpaired) electrons. The molecule has 45 heavy (non-hydrogen) atoms. The molecule has 18 nitrogen and oxygen atoms in total. The second kappa shape index (κ2) is 16.0. The summed E-state index contributed by atoms with van der Waals surface area (Å²) in [6, 6.07) is 0. The highest BCUT2D eigenvalue weighted by Gasteiger charge is 2.40. The van der Waals surface area contributed by atoms with E-state index in [0.717, 1.165) is 11.8 Å². The lowest BCUT2D eigenvalue weighted by Crippen LogP contribution is -2.49. The smallest absolute Gasteiger partial charge is 0.383 e. The lowest BCUT2D eigenvalue weighted by Gasteiger charge is -2.33. The number of aliphatic hydroxyl groups is 1. The number of hydrogen-bond acceptors (Lipinski definition) is 14. The number of phosphoric ester groups is 1. The Labute approximate surface area is 265 Å². The van der Waals surface area contributed by atoms with Crippen LogP contribution >= 0.6 is 27.1 Å². The number of H-pyrrole nitrogens is 1. The maximum atomic E-state index is 12.7. The fraction of sp³-hybridized carbons (Fsp3) is 0.696. The van der Waals surface area contributed by atoms with Gasteiger partial charge >= 0.3 is 7.82 Å². The van der Waals surface area contributed by atoms with Gasteiger partial charge in [-0.3, -0.25) is 28.5 Å². The Morgan fingerprint density at radius 1 is 1.31 bits per heavy atom. The summed E-state index contributed by atoms with van der Waals surface area (Å²) in [4.78, 5) is 58.6. The van der Waals surface area contributed by atoms with Gasteiger partial charge in [0.1, 0.15) is 23.9 Å². The van der Waals surface area contributed by atoms with Crippen LogP contribution in [0.4, 0.5) is 5.82 Å². The summed E-state index contributed by atoms with van der Waals surface area (Å²) in [6.07, 6.45) is -0.161. The van der Waals surface area contributed by atoms with Crippen molar-refractivity contribution in [3.63, 3.8) is 0 Å². The molecule has 1 saturated heterocycles. The van der Waals surface area contributed by atoms with Gasteiger partial charge in [0, 0.05) is 32.4 Å². The van der Waals surface area contributed by atoms with E-state index in [9.17, 15) is 33.5 Å². The first-order valence-electron chi connectivity index (χ1n) is 13.8. The Kier molecular flexibility index (Phi) is 13.2. The maximum Gasteiger partial charge on any atom is 0.478 e. The number of aliphatic hydroxyl groups excluding tert-OH is 1. The number of hydrogen-bond donors (Lipinski definition) is 6. The molecular formula is C23H38BN7O11P2S. The van der Waals surface area contributed by atoms with E-state index in [0.29, 0.717) is 36.9 Å². The number of imidazole rings is 1. The number of anilines is 1. The van der Waals surface area contributed by atoms with Crippen molar-refractivity contribution in [1.82, 2.24) is 25.9 Å². The SMILES string of the molecule is [B]P(=O)(OCC1CCC(N2CNC(=NC)c3[nH]cnc32)O1)OP(=O)(O)OCC(C)(C)C(O)C(=O)NCCC(=O)NCSC(C)=O. The molecule has 3 heterocycles. The number of rotatable bonds is 16. The maximum absolute atomic E-state index is 12.7. The molecule has 5 unspecified atom stereocenters. The molecule has 22 heteroatoms. The number of ether oxygens (including phenoxy) is 1. The Morgan fingerprint density at radius 3 is 2.73 bits per heavy atom. The third-order valence-corrected chi connectivity index (χ3v) is 10.0. The van der Waals surface area contributed by atoms with E-state index in [2.05, 4.69) is 35.2 Å². The lowest BCUT2D eigenvalue weighted by molar-refractivity contribution is -0.137. The van der Waals surface area contributed by atoms with Gasteiger partial charge in [-0.25, -0.2) is 13.9 Å². The van der Waals surface area contributed by atoms with Gasteiger partial charge < -0.3 is 45.1 Å². The summed E-state index contributed by atoms with van der Waals surface area (Å²) in [5.74, 6) is 0.124. The fourth-order valence-corrected chi connectivity index (χ4v) is 7.07. The van der Waals surface area contributed by atoms with Crippen LogP contribution in [0.2, 0.25) is 0 Å². The molecule has 6 N–H and O–H groups in total. The molecule has 2 aliphatic rings. The Morgan fingerprint density at radius 2 is 2.04 bits per heavy atom. The average Bonchev–Trinajstić information content (AvgIpc) is 3.64. The second-order valence-electron chi connectivity index (χ2n) is 10.7. The quantitative estimate of drug-likeness (QED) is 0.0777. The highest BCUT2D eigenvalue weighted by molar-refractivity contribution is 8.13. The first-order valence-corrected chi connectivity index (χ1v) is 17.9. The fourth-order valence-electron chi connectivity index (χ4n) is 4.23. The summed E-state index contributed by atoms with van der Waals surface area (Å²) >= 11 is 0.917. The van der Waals surface area contributed by atoms with Crippen LogP contribution in [0.15, 0.2) is 11.3 Å². The van der Waals surface area contributed by atoms with E-state index in [4.69, 9.17) is 21.4 Å². The number of amides is 2. The molecule has 250 valence electrons. The number of aromatic amines is 1. The number of nitrogens with zero attached hydrogens (tertiary/aromatic N) is 3. The summed E-state index contributed by atoms with van der Waals surface area (Å²) in [5, 5.41) is 18.3. The predicted molar refractivity (Wildman–Crippen MR) is 164 cm³/mol. The standard InChI is InChI=1S/C23H38BN7O11P2S/c1-14(32)45-13-30-16(33)7-8-26-22(35)19(34)23(2,3)10-40-44(37,38)42-43(24,36)39-9-15-5-6-17(41-15)31-12-29-20(25-4)18-21(31)28-11-27-18/h11,15,17,19,34H,5-10,12-13H2,1-4H3,(H,25,29)(H,26,35)(H,27,28)(H,30,33)(H,37,38). The van der Waals surface area contributed by atoms with E-state index >= 15 is 0 Å². The number of aliphatic imine (C=N–C) groups is 1. The zero-order valence-corrected chi connectivity index (χ0v) is 27.9. The molecule has 0 saturated carbocycles. The Balaban J connectivity index is 1.41. The van der Waals surface area contributed by atoms with Crippen LogP contribution in [-0.2, 0) is 41.6 Å². The van der Waals surface area contributed by atoms with Gasteiger partial charge in [-0.05, 0) is 12.8 Å². The van der Waals surface area contributed by atoms with Gasteiger partial charge in [-0.2, -0.15) is 0 Å². The molecule has 0 aliphatic carbocycles. The zero-order valence-electron chi connectivity index (χ0n) is 25.3. The normalized spacial score (nSPS) is 22.5. The molecule has 1 fully saturated rings. The zero-order chi connectivity index (χ0) is 33.4. The van der Waals surface area contributed by atoms with Crippen LogP contribution < -0.4 is 20.9 Å². The number of phosphoric acid groups is 1. The van der Waals surface area contributed by atoms with Crippen LogP contribution in [0.1, 0.15) is 45.7 Å². The molecule has 5 atom stereocenters. The number of amidine groups is 1. The van der Waals surface area contributed by atoms with Crippen LogP contribution in [0, 0.1) is 5.41 Å². The van der Waals surface area contributed by atoms with Crippen LogP contribution in [-0.4, -0.2) is 108 Å². The van der Waals surface area contributed by atoms with E-state index in [1.165, 1.54) is 20.8 Å². The van der Waals surface area contributed by atoms with Crippen molar-refractivity contribution < 1.29 is 51.6 Å². The summed E-state index contributed by atoms with van der Waals surface area (Å²) in [7, 11) is -2.50. The summed E-state index contributed by atoms with van der Waals surface area (Å²) in [5.41, 5.74) is -0.719. The van der Waals surface area contributed by atoms with Gasteiger partial charge in [-0.1, -0.05) is 25.6 Å². The van der Waals surface area contributed by atoms with Gasteiger partial charge in [0.2, 0.25) is 19.4 Å². The largest absolute Gasteiger partial charge is 0.478 e. The molecule has 0 spiro atoms. The van der Waals surface area contributed by atoms with Gasteiger partial charge in [0.15, 0.2) is 10.9 Å². The summed E-state index contributed by atoms with van der Waals surface area (Å²) in [6.45, 7) is 3.38. The van der Waals surface area contributed by atoms with Gasteiger partial charge in [-0.15, -0.1) is 0 Å². The number of thioether (sulfide) groups is 1. The van der Waals surface area contributed by atoms with Crippen molar-refractivity contribution in [3.8, 4) is 0 Å². The van der Waals surface area contributed by atoms with E-state index < -0.39 is 57.6 Å². The number of aromatic nitrogens is 2. The van der Waals surface area contributed by atoms with Crippen LogP contribution in [0.5, 0.6) is 0 Å². The highest BCUT2D eigenvalue weighted by atomic mass is 32.2. The van der Waals surface area contributed by atoms with E-state index in [-0.39, 0.29) is 30.6 Å². The molecule has 3 rings (SSSR count). The van der Waals surface area contributed by atoms with Crippen molar-refractivity contribution in [2.75, 3.05) is 44.3 Å². The number of carbonyl (C=O) groups is 3. The van der Waals surface area contributed by atoms with Crippen LogP contribution in [0.25, 0.3) is 0 Å². The Bertz CT molecular complexity index is 1350. The summed E-state index contributed by atoms with van der Waals surface area (Å²) < 4.78 is 45.8. The highest BCUT2D eigenvalue weighted by Crippen LogP contribution is 2.60. The third-order valence-electron chi connectivity index (χ3n) is 6.64. The van der Waals surface area contributed by atoms with Crippen molar-refractivity contribution in [1.29, 1.82) is 0 Å². The first kappa shape index (κ1) is 37.2. The average molecular weight is 693 g/mol. The van der Waals surface area contributed by atoms with Crippen molar-refractivity contribution in [2.45, 2.75) is 58.5 Å². The van der Waals surface area contributed by atoms with Crippen molar-refractivity contribution in [3.05, 3.63) is 12.0 Å². The third kappa shape index (κ3) is 11.2. The molecule has 1 aromatic heterocycles. The minimum absolute atomic E-state index is 0.0915. The minimum atomic E-state index is -5.08. The van der Waals surface area contributed by atoms with Gasteiger partial charge in [0.25, 0.3) is 7.47 Å². The molecule has 0 bridgehead atoms. The second-order valence-corrected chi connectivity index (χ2v) is 15.1. The first-order chi connectivity index (χ1) is 21.0. The molecule has 2 amide bonds. The molecule has 0 aromatic carbocycles. The lowest BCUT2D eigenvalue weighted by atomic mass is 9.87. The number of nitrogens with one attached hydrogen (secondary N) is 4. The molecule has 1 aromatic rings. The topological polar surface area (TPSA) is 243 Å². The van der Waals surface area contributed by atoms with E-state index in [1.807, 2.05) is 4.90 Å². The van der Waals surface area contributed by atoms with Crippen molar-refractivity contribution in [2.24, 2.45) is 10.4 Å². The molecular weight excluding hydrogens is 655 g/mol. The predicted octanol–water partition coefficient (Wildman–Crippen LogP) is 0.332. The van der Waals surface area contributed by atoms with Crippen LogP contribution in [0.3, 0.4) is 0 Å². The minimum Gasteiger partial charge on any atom is -0.383 e. The monoisotopic (exact) mass is 693 g/mol.